The van der Waals surface area contributed by atoms with Crippen LogP contribution < -0.4 is 38.2 Å². The minimum atomic E-state index is -0.0395. The minimum absolute atomic E-state index is 0. The maximum atomic E-state index is 6.26. The number of rotatable bonds is 9. The van der Waals surface area contributed by atoms with E-state index in [1.165, 1.54) is 42.1 Å². The second kappa shape index (κ2) is 13.4. The smallest absolute Gasteiger partial charge is 0.350 e. The first-order chi connectivity index (χ1) is 8.83. The summed E-state index contributed by atoms with van der Waals surface area (Å²) >= 11 is 6.22. The van der Waals surface area contributed by atoms with Crippen molar-refractivity contribution in [2.75, 3.05) is 0 Å². The second-order valence-electron chi connectivity index (χ2n) is 4.48. The predicted octanol–water partition coefficient (Wildman–Crippen LogP) is -0.220. The van der Waals surface area contributed by atoms with Crippen LogP contribution in [0.1, 0.15) is 51.9 Å². The average molecular weight is 458 g/mol. The quantitative estimate of drug-likeness (QED) is 0.355. The van der Waals surface area contributed by atoms with Gasteiger partial charge in [0.05, 0.1) is 5.03 Å². The topological polar surface area (TPSA) is 0 Å². The lowest BCUT2D eigenvalue weighted by Crippen LogP contribution is -3.59. The van der Waals surface area contributed by atoms with E-state index in [1.807, 2.05) is 0 Å². The maximum Gasteiger partial charge on any atom is 0.350 e. The summed E-state index contributed by atoms with van der Waals surface area (Å²) in [4.78, 5) is 0. The fourth-order valence-electron chi connectivity index (χ4n) is 1.74. The zero-order chi connectivity index (χ0) is 13.1. The lowest BCUT2D eigenvalue weighted by atomic mass is 10.1. The Balaban J connectivity index is 0.00000324. The van der Waals surface area contributed by atoms with E-state index in [9.17, 15) is 0 Å². The first-order valence-electron chi connectivity index (χ1n) is 6.86. The first kappa shape index (κ1) is 19.5. The van der Waals surface area contributed by atoms with Crippen molar-refractivity contribution in [2.24, 2.45) is 0 Å². The van der Waals surface area contributed by atoms with Gasteiger partial charge < -0.3 is 17.0 Å². The lowest BCUT2D eigenvalue weighted by Gasteiger charge is -1.98. The number of allylic oxidation sites excluding steroid dienone is 1. The number of hydrogen-bond donors (Lipinski definition) is 0. The van der Waals surface area contributed by atoms with E-state index in [0.29, 0.717) is 0 Å². The highest BCUT2D eigenvalue weighted by Gasteiger charge is 2.08. The molecule has 0 nitrogen and oxygen atoms in total. The molecule has 0 saturated carbocycles. The Bertz CT molecular complexity index is 338. The third-order valence-electron chi connectivity index (χ3n) is 2.80. The third-order valence-corrected chi connectivity index (χ3v) is 5.97. The lowest BCUT2D eigenvalue weighted by molar-refractivity contribution is -0.557. The molecule has 0 aromatic heterocycles. The number of unbranched alkanes of at least 4 members (excludes halogenated alkanes) is 5. The molecule has 1 aromatic rings. The summed E-state index contributed by atoms with van der Waals surface area (Å²) in [6.45, 7) is 2.26. The van der Waals surface area contributed by atoms with Gasteiger partial charge in [-0.1, -0.05) is 68.8 Å². The maximum absolute atomic E-state index is 6.26. The summed E-state index contributed by atoms with van der Waals surface area (Å²) in [5.41, 5.74) is 0. The molecule has 0 aliphatic rings. The Hall–Kier alpha value is 0.460. The molecule has 0 spiro atoms. The summed E-state index contributed by atoms with van der Waals surface area (Å²) in [6, 6.07) is 10.7. The zero-order valence-corrected chi connectivity index (χ0v) is 16.0. The Morgan fingerprint density at radius 3 is 2.37 bits per heavy atom. The van der Waals surface area contributed by atoms with Crippen LogP contribution in [0, 0.1) is 3.57 Å². The van der Waals surface area contributed by atoms with Crippen LogP contribution in [0.25, 0.3) is 0 Å². The van der Waals surface area contributed by atoms with Crippen molar-refractivity contribution < 1.29 is 38.2 Å². The predicted molar refractivity (Wildman–Crippen MR) is 77.1 cm³/mol. The van der Waals surface area contributed by atoms with Crippen LogP contribution in [0.2, 0.25) is 0 Å². The van der Waals surface area contributed by atoms with E-state index >= 15 is 0 Å². The van der Waals surface area contributed by atoms with E-state index in [1.54, 1.807) is 0 Å². The van der Waals surface area contributed by atoms with Gasteiger partial charge in [0.2, 0.25) is 0 Å². The molecule has 0 fully saturated rings. The van der Waals surface area contributed by atoms with Crippen LogP contribution in [0.4, 0.5) is 0 Å². The fourth-order valence-corrected chi connectivity index (χ4v) is 3.99. The van der Waals surface area contributed by atoms with Gasteiger partial charge in [-0.3, -0.25) is 0 Å². The van der Waals surface area contributed by atoms with Gasteiger partial charge in [0, 0.05) is 0 Å². The van der Waals surface area contributed by atoms with Gasteiger partial charge in [-0.25, -0.2) is 0 Å². The van der Waals surface area contributed by atoms with Crippen LogP contribution in [0.3, 0.4) is 0 Å². The SMILES string of the molecule is CCCCCCCC/C(Cl)=C/[I+]c1ccccc1.[Br-]. The molecular formula is C16H23BrClI. The largest absolute Gasteiger partial charge is 1.00 e. The van der Waals surface area contributed by atoms with Crippen LogP contribution in [-0.4, -0.2) is 0 Å². The molecule has 19 heavy (non-hydrogen) atoms. The highest BCUT2D eigenvalue weighted by atomic mass is 127. The molecule has 0 saturated heterocycles. The molecule has 3 heteroatoms. The fraction of sp³-hybridized carbons (Fsp3) is 0.500. The van der Waals surface area contributed by atoms with Crippen LogP contribution in [0.5, 0.6) is 0 Å². The van der Waals surface area contributed by atoms with Gasteiger partial charge in [0.1, 0.15) is 0 Å². The third kappa shape index (κ3) is 10.9. The van der Waals surface area contributed by atoms with Gasteiger partial charge in [-0.15, -0.1) is 0 Å². The van der Waals surface area contributed by atoms with Crippen molar-refractivity contribution in [1.82, 2.24) is 0 Å². The molecule has 0 unspecified atom stereocenters. The van der Waals surface area contributed by atoms with Gasteiger partial charge in [-0.2, -0.15) is 0 Å². The number of benzene rings is 1. The highest BCUT2D eigenvalue weighted by Crippen LogP contribution is 2.12. The van der Waals surface area contributed by atoms with E-state index in [2.05, 4.69) is 41.3 Å². The molecule has 108 valence electrons. The second-order valence-corrected chi connectivity index (χ2v) is 7.46. The van der Waals surface area contributed by atoms with Crippen molar-refractivity contribution in [3.05, 3.63) is 43.0 Å². The van der Waals surface area contributed by atoms with Crippen molar-refractivity contribution in [3.8, 4) is 0 Å². The molecular weight excluding hydrogens is 434 g/mol. The van der Waals surface area contributed by atoms with Crippen molar-refractivity contribution in [1.29, 1.82) is 0 Å². The van der Waals surface area contributed by atoms with Crippen LogP contribution >= 0.6 is 11.6 Å². The van der Waals surface area contributed by atoms with Crippen molar-refractivity contribution in [3.63, 3.8) is 0 Å². The van der Waals surface area contributed by atoms with Gasteiger partial charge in [0.15, 0.2) is 7.65 Å². The van der Waals surface area contributed by atoms with Crippen molar-refractivity contribution >= 4 is 11.6 Å². The summed E-state index contributed by atoms with van der Waals surface area (Å²) in [5, 5.41) is 1.07. The normalized spacial score (nSPS) is 11.2. The highest BCUT2D eigenvalue weighted by molar-refractivity contribution is 6.29. The molecule has 0 amide bonds. The summed E-state index contributed by atoms with van der Waals surface area (Å²) in [5.74, 6) is 0. The van der Waals surface area contributed by atoms with Gasteiger partial charge >= 0.3 is 21.2 Å². The molecule has 0 bridgehead atoms. The summed E-state index contributed by atoms with van der Waals surface area (Å²) in [6.07, 6.45) is 9.09. The van der Waals surface area contributed by atoms with Crippen LogP contribution in [-0.2, 0) is 0 Å². The van der Waals surface area contributed by atoms with Gasteiger partial charge in [-0.05, 0) is 25.0 Å². The minimum Gasteiger partial charge on any atom is -1.00 e. The number of hydrogen-bond acceptors (Lipinski definition) is 0. The Labute approximate surface area is 144 Å². The Kier molecular flexibility index (Phi) is 13.8. The Morgan fingerprint density at radius 2 is 1.68 bits per heavy atom. The summed E-state index contributed by atoms with van der Waals surface area (Å²) in [7, 11) is 0. The Morgan fingerprint density at radius 1 is 1.05 bits per heavy atom. The standard InChI is InChI=1S/C16H23ClI.BrH/c1-2-3-4-5-6-8-11-15(17)14-18-16-12-9-7-10-13-16;/h7,9-10,12-14H,2-6,8,11H2,1H3;1H/q+1;/p-1/b15-14-;. The molecule has 0 N–H and O–H groups in total. The van der Waals surface area contributed by atoms with E-state index in [-0.39, 0.29) is 38.2 Å². The summed E-state index contributed by atoms with van der Waals surface area (Å²) < 4.78 is 3.71. The zero-order valence-electron chi connectivity index (χ0n) is 11.5. The molecule has 0 atom stereocenters. The number of halogens is 3. The van der Waals surface area contributed by atoms with E-state index in [4.69, 9.17) is 11.6 Å². The molecule has 0 heterocycles. The average Bonchev–Trinajstić information content (AvgIpc) is 2.41. The van der Waals surface area contributed by atoms with Crippen molar-refractivity contribution in [2.45, 2.75) is 51.9 Å². The molecule has 0 aliphatic heterocycles. The monoisotopic (exact) mass is 456 g/mol. The van der Waals surface area contributed by atoms with E-state index in [0.717, 1.165) is 11.5 Å². The molecule has 0 radical (unpaired) electrons. The van der Waals surface area contributed by atoms with Crippen LogP contribution in [0.15, 0.2) is 39.4 Å². The van der Waals surface area contributed by atoms with E-state index < -0.39 is 0 Å². The molecule has 0 aliphatic carbocycles. The molecule has 1 rings (SSSR count). The first-order valence-corrected chi connectivity index (χ1v) is 9.56. The molecule has 1 aromatic carbocycles. The van der Waals surface area contributed by atoms with Gasteiger partial charge in [0.25, 0.3) is 0 Å².